The van der Waals surface area contributed by atoms with Gasteiger partial charge in [0.05, 0.1) is 0 Å². The molecule has 21 heavy (non-hydrogen) atoms. The third kappa shape index (κ3) is 4.44. The molecule has 0 spiro atoms. The minimum atomic E-state index is -0.341. The molecule has 1 fully saturated rings. The summed E-state index contributed by atoms with van der Waals surface area (Å²) in [5.41, 5.74) is 0.762. The molecule has 0 saturated carbocycles. The van der Waals surface area contributed by atoms with Gasteiger partial charge >= 0.3 is 0 Å². The van der Waals surface area contributed by atoms with Gasteiger partial charge in [0, 0.05) is 37.3 Å². The van der Waals surface area contributed by atoms with Gasteiger partial charge < -0.3 is 15.0 Å². The quantitative estimate of drug-likeness (QED) is 0.905. The predicted molar refractivity (Wildman–Crippen MR) is 81.5 cm³/mol. The Labute approximate surface area is 129 Å². The maximum Gasteiger partial charge on any atom is 0.249 e. The summed E-state index contributed by atoms with van der Waals surface area (Å²) in [5.74, 6) is -0.184. The summed E-state index contributed by atoms with van der Waals surface area (Å²) in [6.07, 6.45) is 1.34. The SMILES string of the molecule is CC(=O)N(CCNC(=O)C1CCCO1)c1ccc(Cl)cc1. The van der Waals surface area contributed by atoms with Crippen molar-refractivity contribution < 1.29 is 14.3 Å². The van der Waals surface area contributed by atoms with Gasteiger partial charge in [-0.15, -0.1) is 0 Å². The van der Waals surface area contributed by atoms with Gasteiger partial charge in [-0.2, -0.15) is 0 Å². The van der Waals surface area contributed by atoms with Crippen LogP contribution in [0.3, 0.4) is 0 Å². The van der Waals surface area contributed by atoms with E-state index in [-0.39, 0.29) is 17.9 Å². The highest BCUT2D eigenvalue weighted by Crippen LogP contribution is 2.18. The van der Waals surface area contributed by atoms with E-state index in [4.69, 9.17) is 16.3 Å². The van der Waals surface area contributed by atoms with Crippen molar-refractivity contribution in [1.29, 1.82) is 0 Å². The summed E-state index contributed by atoms with van der Waals surface area (Å²) in [6.45, 7) is 2.94. The first-order chi connectivity index (χ1) is 10.1. The van der Waals surface area contributed by atoms with Crippen molar-refractivity contribution in [2.75, 3.05) is 24.6 Å². The molecule has 0 aliphatic carbocycles. The second kappa shape index (κ2) is 7.43. The fourth-order valence-electron chi connectivity index (χ4n) is 2.28. The number of benzene rings is 1. The van der Waals surface area contributed by atoms with Crippen LogP contribution in [0.15, 0.2) is 24.3 Å². The van der Waals surface area contributed by atoms with Crippen molar-refractivity contribution in [2.24, 2.45) is 0 Å². The molecule has 1 N–H and O–H groups in total. The molecule has 1 aliphatic rings. The van der Waals surface area contributed by atoms with Crippen LogP contribution in [0.5, 0.6) is 0 Å². The molecule has 0 radical (unpaired) electrons. The highest BCUT2D eigenvalue weighted by atomic mass is 35.5. The van der Waals surface area contributed by atoms with Crippen molar-refractivity contribution in [1.82, 2.24) is 5.32 Å². The maximum absolute atomic E-state index is 11.8. The summed E-state index contributed by atoms with van der Waals surface area (Å²) in [5, 5.41) is 3.43. The first-order valence-corrected chi connectivity index (χ1v) is 7.38. The first-order valence-electron chi connectivity index (χ1n) is 7.01. The lowest BCUT2D eigenvalue weighted by Crippen LogP contribution is -2.41. The molecule has 0 bridgehead atoms. The second-order valence-corrected chi connectivity index (χ2v) is 5.38. The summed E-state index contributed by atoms with van der Waals surface area (Å²) >= 11 is 5.84. The normalized spacial score (nSPS) is 17.5. The Bertz CT molecular complexity index is 498. The zero-order valence-electron chi connectivity index (χ0n) is 12.0. The molecule has 0 aromatic heterocycles. The predicted octanol–water partition coefficient (Wildman–Crippen LogP) is 1.99. The average molecular weight is 311 g/mol. The molecular formula is C15H19ClN2O3. The zero-order chi connectivity index (χ0) is 15.2. The molecule has 1 aromatic carbocycles. The molecule has 1 unspecified atom stereocenters. The number of ether oxygens (including phenoxy) is 1. The van der Waals surface area contributed by atoms with Crippen LogP contribution in [0.2, 0.25) is 5.02 Å². The van der Waals surface area contributed by atoms with Crippen LogP contribution in [-0.4, -0.2) is 37.6 Å². The Hall–Kier alpha value is -1.59. The number of amides is 2. The number of nitrogens with zero attached hydrogens (tertiary/aromatic N) is 1. The Morgan fingerprint density at radius 3 is 2.67 bits per heavy atom. The Balaban J connectivity index is 1.87. The van der Waals surface area contributed by atoms with Crippen molar-refractivity contribution in [3.63, 3.8) is 0 Å². The molecular weight excluding hydrogens is 292 g/mol. The lowest BCUT2D eigenvalue weighted by molar-refractivity contribution is -0.130. The molecule has 114 valence electrons. The monoisotopic (exact) mass is 310 g/mol. The average Bonchev–Trinajstić information content (AvgIpc) is 2.98. The third-order valence-electron chi connectivity index (χ3n) is 3.38. The number of halogens is 1. The van der Waals surface area contributed by atoms with Gasteiger partial charge in [-0.1, -0.05) is 11.6 Å². The van der Waals surface area contributed by atoms with Crippen molar-refractivity contribution in [2.45, 2.75) is 25.9 Å². The molecule has 1 atom stereocenters. The molecule has 1 saturated heterocycles. The van der Waals surface area contributed by atoms with Crippen LogP contribution in [0.4, 0.5) is 5.69 Å². The highest BCUT2D eigenvalue weighted by molar-refractivity contribution is 6.30. The number of hydrogen-bond donors (Lipinski definition) is 1. The van der Waals surface area contributed by atoms with Gasteiger partial charge in [-0.25, -0.2) is 0 Å². The van der Waals surface area contributed by atoms with E-state index in [1.807, 2.05) is 0 Å². The Kier molecular flexibility index (Phi) is 5.59. The van der Waals surface area contributed by atoms with Gasteiger partial charge in [0.25, 0.3) is 0 Å². The fourth-order valence-corrected chi connectivity index (χ4v) is 2.40. The van der Waals surface area contributed by atoms with Crippen molar-refractivity contribution in [3.8, 4) is 0 Å². The van der Waals surface area contributed by atoms with E-state index in [0.29, 0.717) is 24.7 Å². The van der Waals surface area contributed by atoms with Crippen molar-refractivity contribution >= 4 is 29.1 Å². The summed E-state index contributed by atoms with van der Waals surface area (Å²) in [7, 11) is 0. The third-order valence-corrected chi connectivity index (χ3v) is 3.63. The van der Waals surface area contributed by atoms with Gasteiger partial charge in [0.15, 0.2) is 0 Å². The summed E-state index contributed by atoms with van der Waals surface area (Å²) in [6, 6.07) is 7.03. The lowest BCUT2D eigenvalue weighted by Gasteiger charge is -2.22. The smallest absolute Gasteiger partial charge is 0.249 e. The molecule has 1 aliphatic heterocycles. The summed E-state index contributed by atoms with van der Waals surface area (Å²) < 4.78 is 5.31. The van der Waals surface area contributed by atoms with Crippen LogP contribution >= 0.6 is 11.6 Å². The van der Waals surface area contributed by atoms with E-state index in [2.05, 4.69) is 5.32 Å². The van der Waals surface area contributed by atoms with Gasteiger partial charge in [-0.3, -0.25) is 9.59 Å². The molecule has 2 amide bonds. The van der Waals surface area contributed by atoms with E-state index in [1.165, 1.54) is 6.92 Å². The largest absolute Gasteiger partial charge is 0.368 e. The van der Waals surface area contributed by atoms with Crippen LogP contribution in [0, 0.1) is 0 Å². The van der Waals surface area contributed by atoms with Crippen molar-refractivity contribution in [3.05, 3.63) is 29.3 Å². The fraction of sp³-hybridized carbons (Fsp3) is 0.467. The standard InChI is InChI=1S/C15H19ClN2O3/c1-11(19)18(13-6-4-12(16)5-7-13)9-8-17-15(20)14-3-2-10-21-14/h4-7,14H,2-3,8-10H2,1H3,(H,17,20). The van der Waals surface area contributed by atoms with Crippen LogP contribution in [0.1, 0.15) is 19.8 Å². The van der Waals surface area contributed by atoms with E-state index < -0.39 is 0 Å². The zero-order valence-corrected chi connectivity index (χ0v) is 12.7. The maximum atomic E-state index is 11.8. The van der Waals surface area contributed by atoms with Crippen LogP contribution < -0.4 is 10.2 Å². The van der Waals surface area contributed by atoms with E-state index in [0.717, 1.165) is 18.5 Å². The number of nitrogens with one attached hydrogen (secondary N) is 1. The molecule has 5 nitrogen and oxygen atoms in total. The Morgan fingerprint density at radius 2 is 2.10 bits per heavy atom. The summed E-state index contributed by atoms with van der Waals surface area (Å²) in [4.78, 5) is 25.1. The second-order valence-electron chi connectivity index (χ2n) is 4.94. The van der Waals surface area contributed by atoms with E-state index in [1.54, 1.807) is 29.2 Å². The lowest BCUT2D eigenvalue weighted by atomic mass is 10.2. The van der Waals surface area contributed by atoms with Crippen LogP contribution in [0.25, 0.3) is 0 Å². The first kappa shape index (κ1) is 15.8. The Morgan fingerprint density at radius 1 is 1.38 bits per heavy atom. The highest BCUT2D eigenvalue weighted by Gasteiger charge is 2.23. The molecule has 1 aromatic rings. The minimum Gasteiger partial charge on any atom is -0.368 e. The number of carbonyl (C=O) groups is 2. The van der Waals surface area contributed by atoms with Gasteiger partial charge in [0.1, 0.15) is 6.10 Å². The number of rotatable bonds is 5. The van der Waals surface area contributed by atoms with Gasteiger partial charge in [-0.05, 0) is 37.1 Å². The molecule has 2 rings (SSSR count). The van der Waals surface area contributed by atoms with E-state index >= 15 is 0 Å². The molecule has 1 heterocycles. The topological polar surface area (TPSA) is 58.6 Å². The number of anilines is 1. The minimum absolute atomic E-state index is 0.0799. The number of hydrogen-bond acceptors (Lipinski definition) is 3. The van der Waals surface area contributed by atoms with Crippen LogP contribution in [-0.2, 0) is 14.3 Å². The van der Waals surface area contributed by atoms with Gasteiger partial charge in [0.2, 0.25) is 11.8 Å². The van der Waals surface area contributed by atoms with E-state index in [9.17, 15) is 9.59 Å². The molecule has 6 heteroatoms. The number of carbonyl (C=O) groups excluding carboxylic acids is 2.